The summed E-state index contributed by atoms with van der Waals surface area (Å²) < 4.78 is 26.4. The van der Waals surface area contributed by atoms with Crippen LogP contribution in [0.25, 0.3) is 0 Å². The lowest BCUT2D eigenvalue weighted by Gasteiger charge is -2.24. The van der Waals surface area contributed by atoms with E-state index < -0.39 is 11.6 Å². The van der Waals surface area contributed by atoms with Crippen LogP contribution in [0.15, 0.2) is 18.2 Å². The average molecular weight is 280 g/mol. The highest BCUT2D eigenvalue weighted by molar-refractivity contribution is 5.84. The molecular weight excluding hydrogens is 262 g/mol. The summed E-state index contributed by atoms with van der Waals surface area (Å²) in [6.07, 6.45) is 0.767. The third kappa shape index (κ3) is 2.30. The SMILES string of the molecule is CC1NC(c2ccc(F)c(F)c2)N(CC2CC2C)C1=O. The minimum absolute atomic E-state index is 0.0267. The van der Waals surface area contributed by atoms with Gasteiger partial charge in [-0.1, -0.05) is 13.0 Å². The fourth-order valence-corrected chi connectivity index (χ4v) is 2.83. The molecule has 20 heavy (non-hydrogen) atoms. The van der Waals surface area contributed by atoms with E-state index in [1.165, 1.54) is 12.1 Å². The quantitative estimate of drug-likeness (QED) is 0.922. The van der Waals surface area contributed by atoms with Gasteiger partial charge in [0.15, 0.2) is 11.6 Å². The molecule has 4 unspecified atom stereocenters. The van der Waals surface area contributed by atoms with Crippen LogP contribution in [0.1, 0.15) is 32.0 Å². The van der Waals surface area contributed by atoms with E-state index in [-0.39, 0.29) is 18.1 Å². The molecule has 1 amide bonds. The molecule has 108 valence electrons. The van der Waals surface area contributed by atoms with Crippen LogP contribution in [0.4, 0.5) is 8.78 Å². The Kier molecular flexibility index (Phi) is 3.24. The lowest BCUT2D eigenvalue weighted by atomic mass is 10.1. The number of halogens is 2. The summed E-state index contributed by atoms with van der Waals surface area (Å²) >= 11 is 0. The van der Waals surface area contributed by atoms with Crippen molar-refractivity contribution >= 4 is 5.91 Å². The first-order valence-corrected chi connectivity index (χ1v) is 6.99. The normalized spacial score (nSPS) is 32.8. The second kappa shape index (κ2) is 4.81. The molecule has 5 heteroatoms. The monoisotopic (exact) mass is 280 g/mol. The zero-order valence-electron chi connectivity index (χ0n) is 11.6. The number of hydrogen-bond acceptors (Lipinski definition) is 2. The van der Waals surface area contributed by atoms with Crippen molar-refractivity contribution in [2.45, 2.75) is 32.5 Å². The van der Waals surface area contributed by atoms with E-state index in [0.717, 1.165) is 12.5 Å². The van der Waals surface area contributed by atoms with Crippen molar-refractivity contribution in [3.8, 4) is 0 Å². The van der Waals surface area contributed by atoms with Gasteiger partial charge >= 0.3 is 0 Å². The second-order valence-corrected chi connectivity index (χ2v) is 5.93. The van der Waals surface area contributed by atoms with Crippen LogP contribution in [0.5, 0.6) is 0 Å². The topological polar surface area (TPSA) is 32.3 Å². The Labute approximate surface area is 117 Å². The van der Waals surface area contributed by atoms with Crippen LogP contribution in [-0.2, 0) is 4.79 Å². The highest BCUT2D eigenvalue weighted by Crippen LogP contribution is 2.40. The smallest absolute Gasteiger partial charge is 0.241 e. The zero-order valence-corrected chi connectivity index (χ0v) is 11.6. The minimum Gasteiger partial charge on any atom is -0.321 e. The van der Waals surface area contributed by atoms with Crippen molar-refractivity contribution in [2.75, 3.05) is 6.54 Å². The van der Waals surface area contributed by atoms with Gasteiger partial charge in [-0.05, 0) is 42.9 Å². The Balaban J connectivity index is 1.85. The minimum atomic E-state index is -0.879. The molecule has 1 N–H and O–H groups in total. The molecule has 0 bridgehead atoms. The van der Waals surface area contributed by atoms with Crippen LogP contribution in [-0.4, -0.2) is 23.4 Å². The van der Waals surface area contributed by atoms with E-state index in [4.69, 9.17) is 0 Å². The zero-order chi connectivity index (χ0) is 14.4. The van der Waals surface area contributed by atoms with Crippen LogP contribution < -0.4 is 5.32 Å². The van der Waals surface area contributed by atoms with Gasteiger partial charge < -0.3 is 4.90 Å². The highest BCUT2D eigenvalue weighted by atomic mass is 19.2. The van der Waals surface area contributed by atoms with Gasteiger partial charge in [0.1, 0.15) is 6.17 Å². The van der Waals surface area contributed by atoms with E-state index in [9.17, 15) is 13.6 Å². The number of carbonyl (C=O) groups is 1. The van der Waals surface area contributed by atoms with Crippen LogP contribution >= 0.6 is 0 Å². The molecule has 1 saturated carbocycles. The molecule has 4 atom stereocenters. The third-order valence-electron chi connectivity index (χ3n) is 4.34. The number of rotatable bonds is 3. The van der Waals surface area contributed by atoms with E-state index in [1.807, 2.05) is 0 Å². The summed E-state index contributed by atoms with van der Waals surface area (Å²) in [4.78, 5) is 14.0. The highest BCUT2D eigenvalue weighted by Gasteiger charge is 2.42. The van der Waals surface area contributed by atoms with Crippen molar-refractivity contribution in [3.63, 3.8) is 0 Å². The molecule has 1 aliphatic carbocycles. The second-order valence-electron chi connectivity index (χ2n) is 5.93. The Morgan fingerprint density at radius 3 is 2.60 bits per heavy atom. The molecule has 0 spiro atoms. The molecule has 3 rings (SSSR count). The van der Waals surface area contributed by atoms with Gasteiger partial charge in [0, 0.05) is 6.54 Å². The summed E-state index contributed by atoms with van der Waals surface area (Å²) in [7, 11) is 0. The van der Waals surface area contributed by atoms with E-state index in [2.05, 4.69) is 12.2 Å². The predicted molar refractivity (Wildman–Crippen MR) is 70.7 cm³/mol. The largest absolute Gasteiger partial charge is 0.321 e. The van der Waals surface area contributed by atoms with Crippen LogP contribution in [0.3, 0.4) is 0 Å². The van der Waals surface area contributed by atoms with Crippen molar-refractivity contribution < 1.29 is 13.6 Å². The maximum atomic E-state index is 13.4. The number of hydrogen-bond donors (Lipinski definition) is 1. The number of amides is 1. The molecule has 1 heterocycles. The average Bonchev–Trinajstić information content (AvgIpc) is 3.03. The van der Waals surface area contributed by atoms with Gasteiger partial charge in [0.05, 0.1) is 6.04 Å². The summed E-state index contributed by atoms with van der Waals surface area (Å²) in [5.41, 5.74) is 0.593. The number of carbonyl (C=O) groups excluding carboxylic acids is 1. The first-order chi connectivity index (χ1) is 9.47. The third-order valence-corrected chi connectivity index (χ3v) is 4.34. The van der Waals surface area contributed by atoms with Crippen molar-refractivity contribution in [1.29, 1.82) is 0 Å². The molecule has 2 aliphatic rings. The molecule has 2 fully saturated rings. The van der Waals surface area contributed by atoms with Crippen LogP contribution in [0.2, 0.25) is 0 Å². The van der Waals surface area contributed by atoms with Crippen molar-refractivity contribution in [1.82, 2.24) is 10.2 Å². The fourth-order valence-electron chi connectivity index (χ4n) is 2.83. The van der Waals surface area contributed by atoms with Crippen LogP contribution in [0, 0.1) is 23.5 Å². The van der Waals surface area contributed by atoms with Crippen molar-refractivity contribution in [2.24, 2.45) is 11.8 Å². The van der Waals surface area contributed by atoms with Gasteiger partial charge in [-0.25, -0.2) is 8.78 Å². The lowest BCUT2D eigenvalue weighted by Crippen LogP contribution is -2.32. The Hall–Kier alpha value is -1.49. The fraction of sp³-hybridized carbons (Fsp3) is 0.533. The molecule has 1 aromatic carbocycles. The Morgan fingerprint density at radius 2 is 2.00 bits per heavy atom. The van der Waals surface area contributed by atoms with Gasteiger partial charge in [-0.2, -0.15) is 0 Å². The number of benzene rings is 1. The first kappa shape index (κ1) is 13.5. The van der Waals surface area contributed by atoms with E-state index in [0.29, 0.717) is 23.9 Å². The molecule has 3 nitrogen and oxygen atoms in total. The van der Waals surface area contributed by atoms with Gasteiger partial charge in [0.2, 0.25) is 5.91 Å². The maximum absolute atomic E-state index is 13.4. The van der Waals surface area contributed by atoms with Crippen molar-refractivity contribution in [3.05, 3.63) is 35.4 Å². The Morgan fingerprint density at radius 1 is 1.30 bits per heavy atom. The van der Waals surface area contributed by atoms with E-state index in [1.54, 1.807) is 11.8 Å². The number of nitrogens with one attached hydrogen (secondary N) is 1. The summed E-state index contributed by atoms with van der Waals surface area (Å²) in [6.45, 7) is 4.64. The summed E-state index contributed by atoms with van der Waals surface area (Å²) in [5, 5.41) is 3.15. The molecule has 0 aromatic heterocycles. The standard InChI is InChI=1S/C15H18F2N2O/c1-8-5-11(8)7-19-14(18-9(2)15(19)20)10-3-4-12(16)13(17)6-10/h3-4,6,8-9,11,14,18H,5,7H2,1-2H3. The molecule has 0 radical (unpaired) electrons. The van der Waals surface area contributed by atoms with E-state index >= 15 is 0 Å². The van der Waals surface area contributed by atoms with Gasteiger partial charge in [0.25, 0.3) is 0 Å². The molecule has 1 saturated heterocycles. The van der Waals surface area contributed by atoms with Gasteiger partial charge in [-0.3, -0.25) is 10.1 Å². The molecule has 1 aromatic rings. The summed E-state index contributed by atoms with van der Waals surface area (Å²) in [6, 6.07) is 3.52. The first-order valence-electron chi connectivity index (χ1n) is 6.99. The maximum Gasteiger partial charge on any atom is 0.241 e. The molecular formula is C15H18F2N2O. The predicted octanol–water partition coefficient (Wildman–Crippen LogP) is 2.44. The number of nitrogens with zero attached hydrogens (tertiary/aromatic N) is 1. The van der Waals surface area contributed by atoms with Gasteiger partial charge in [-0.15, -0.1) is 0 Å². The molecule has 1 aliphatic heterocycles. The Bertz CT molecular complexity index is 549. The summed E-state index contributed by atoms with van der Waals surface area (Å²) in [5.74, 6) is -0.550. The lowest BCUT2D eigenvalue weighted by molar-refractivity contribution is -0.130.